The first-order valence-corrected chi connectivity index (χ1v) is 8.29. The van der Waals surface area contributed by atoms with Crippen LogP contribution in [0.3, 0.4) is 0 Å². The van der Waals surface area contributed by atoms with Gasteiger partial charge in [-0.2, -0.15) is 18.3 Å². The molecule has 0 spiro atoms. The Bertz CT molecular complexity index is 964. The first kappa shape index (κ1) is 19.5. The van der Waals surface area contributed by atoms with Gasteiger partial charge in [-0.05, 0) is 23.8 Å². The molecule has 0 aliphatic heterocycles. The number of nitrogens with one attached hydrogen (secondary N) is 1. The zero-order valence-corrected chi connectivity index (χ0v) is 15.1. The Kier molecular flexibility index (Phi) is 5.39. The fourth-order valence-corrected chi connectivity index (χ4v) is 2.73. The summed E-state index contributed by atoms with van der Waals surface area (Å²) in [4.78, 5) is 16.8. The summed E-state index contributed by atoms with van der Waals surface area (Å²) in [6.07, 6.45) is -0.114. The number of hydrogen-bond acceptors (Lipinski definition) is 4. The first-order chi connectivity index (χ1) is 13.3. The number of methoxy groups -OCH3 is 1. The summed E-state index contributed by atoms with van der Waals surface area (Å²) >= 11 is 0. The third-order valence-electron chi connectivity index (χ3n) is 4.09. The van der Waals surface area contributed by atoms with Crippen LogP contribution in [0.1, 0.15) is 23.1 Å². The number of alkyl halides is 3. The van der Waals surface area contributed by atoms with Crippen LogP contribution in [0, 0.1) is 0 Å². The highest BCUT2D eigenvalue weighted by molar-refractivity contribution is 5.76. The van der Waals surface area contributed by atoms with Crippen molar-refractivity contribution in [1.29, 1.82) is 0 Å². The minimum atomic E-state index is -4.56. The highest BCUT2D eigenvalue weighted by Crippen LogP contribution is 2.27. The molecule has 10 heteroatoms. The topological polar surface area (TPSA) is 74.0 Å². The minimum Gasteiger partial charge on any atom is -0.497 e. The molecule has 0 saturated carbocycles. The van der Waals surface area contributed by atoms with E-state index >= 15 is 0 Å². The number of aromatic nitrogens is 4. The fraction of sp³-hybridized carbons (Fsp3) is 0.278. The number of nitrogens with zero attached hydrogens (tertiary/aromatic N) is 4. The van der Waals surface area contributed by atoms with Crippen LogP contribution in [0.4, 0.5) is 13.2 Å². The van der Waals surface area contributed by atoms with Gasteiger partial charge in [-0.15, -0.1) is 0 Å². The molecule has 7 nitrogen and oxygen atoms in total. The molecule has 1 unspecified atom stereocenters. The Morgan fingerprint density at radius 3 is 2.68 bits per heavy atom. The Labute approximate surface area is 158 Å². The standard InChI is InChI=1S/C18H18F3N5O2/c1-25-9-7-22-17(25)16(12-4-3-5-13(10-12)28-2)23-15(27)11-26-8-6-14(24-26)18(19,20)21/h3-10,16H,11H2,1-2H3,(H,23,27). The summed E-state index contributed by atoms with van der Waals surface area (Å²) in [7, 11) is 3.31. The van der Waals surface area contributed by atoms with E-state index in [-0.39, 0.29) is 6.54 Å². The van der Waals surface area contributed by atoms with Gasteiger partial charge < -0.3 is 14.6 Å². The summed E-state index contributed by atoms with van der Waals surface area (Å²) in [5.41, 5.74) is -0.327. The highest BCUT2D eigenvalue weighted by atomic mass is 19.4. The van der Waals surface area contributed by atoms with Gasteiger partial charge in [0, 0.05) is 25.6 Å². The van der Waals surface area contributed by atoms with Crippen molar-refractivity contribution in [3.63, 3.8) is 0 Å². The summed E-state index contributed by atoms with van der Waals surface area (Å²) < 4.78 is 45.9. The number of imidazole rings is 1. The average Bonchev–Trinajstić information content (AvgIpc) is 3.28. The summed E-state index contributed by atoms with van der Waals surface area (Å²) in [5.74, 6) is 0.665. The van der Waals surface area contributed by atoms with Gasteiger partial charge in [0.05, 0.1) is 7.11 Å². The number of halogens is 3. The molecule has 1 N–H and O–H groups in total. The lowest BCUT2D eigenvalue weighted by molar-refractivity contribution is -0.141. The van der Waals surface area contributed by atoms with Crippen LogP contribution < -0.4 is 10.1 Å². The molecule has 2 heterocycles. The molecule has 0 bridgehead atoms. The van der Waals surface area contributed by atoms with E-state index < -0.39 is 23.8 Å². The first-order valence-electron chi connectivity index (χ1n) is 8.29. The molecule has 3 aromatic rings. The van der Waals surface area contributed by atoms with Crippen molar-refractivity contribution in [2.75, 3.05) is 7.11 Å². The minimum absolute atomic E-state index is 0.360. The lowest BCUT2D eigenvalue weighted by atomic mass is 10.1. The molecule has 0 aliphatic rings. The van der Waals surface area contributed by atoms with Crippen molar-refractivity contribution in [2.24, 2.45) is 7.05 Å². The molecular formula is C18H18F3N5O2. The van der Waals surface area contributed by atoms with E-state index in [1.165, 1.54) is 7.11 Å². The maximum Gasteiger partial charge on any atom is 0.435 e. The van der Waals surface area contributed by atoms with Gasteiger partial charge in [0.2, 0.25) is 5.91 Å². The zero-order valence-electron chi connectivity index (χ0n) is 15.1. The van der Waals surface area contributed by atoms with Gasteiger partial charge in [-0.1, -0.05) is 12.1 Å². The fourth-order valence-electron chi connectivity index (χ4n) is 2.73. The molecule has 0 fully saturated rings. The Hall–Kier alpha value is -3.30. The van der Waals surface area contributed by atoms with Crippen LogP contribution in [-0.4, -0.2) is 32.3 Å². The van der Waals surface area contributed by atoms with Crippen LogP contribution in [0.2, 0.25) is 0 Å². The Balaban J connectivity index is 1.82. The summed E-state index contributed by atoms with van der Waals surface area (Å²) in [6, 6.07) is 7.32. The second-order valence-electron chi connectivity index (χ2n) is 6.07. The normalized spacial score (nSPS) is 12.6. The van der Waals surface area contributed by atoms with Gasteiger partial charge in [0.15, 0.2) is 5.69 Å². The highest BCUT2D eigenvalue weighted by Gasteiger charge is 2.33. The van der Waals surface area contributed by atoms with E-state index in [0.29, 0.717) is 11.6 Å². The molecule has 0 radical (unpaired) electrons. The number of benzene rings is 1. The molecular weight excluding hydrogens is 375 g/mol. The van der Waals surface area contributed by atoms with Crippen molar-refractivity contribution in [3.8, 4) is 5.75 Å². The predicted octanol–water partition coefficient (Wildman–Crippen LogP) is 2.55. The molecule has 28 heavy (non-hydrogen) atoms. The van der Waals surface area contributed by atoms with E-state index in [1.807, 2.05) is 0 Å². The van der Waals surface area contributed by atoms with Crippen LogP contribution in [0.5, 0.6) is 5.75 Å². The smallest absolute Gasteiger partial charge is 0.435 e. The monoisotopic (exact) mass is 393 g/mol. The van der Waals surface area contributed by atoms with Gasteiger partial charge in [0.25, 0.3) is 0 Å². The molecule has 2 aromatic heterocycles. The number of rotatable bonds is 6. The van der Waals surface area contributed by atoms with Crippen molar-refractivity contribution in [1.82, 2.24) is 24.6 Å². The van der Waals surface area contributed by atoms with E-state index in [0.717, 1.165) is 22.5 Å². The molecule has 1 aromatic carbocycles. The molecule has 3 rings (SSSR count). The number of hydrogen-bond donors (Lipinski definition) is 1. The number of amides is 1. The number of carbonyl (C=O) groups excluding carboxylic acids is 1. The Morgan fingerprint density at radius 1 is 1.29 bits per heavy atom. The van der Waals surface area contributed by atoms with Gasteiger partial charge in [0.1, 0.15) is 24.2 Å². The van der Waals surface area contributed by atoms with Crippen molar-refractivity contribution >= 4 is 5.91 Å². The number of aryl methyl sites for hydroxylation is 1. The molecule has 0 saturated heterocycles. The number of ether oxygens (including phenoxy) is 1. The van der Waals surface area contributed by atoms with Crippen LogP contribution in [-0.2, 0) is 24.6 Å². The maximum atomic E-state index is 12.7. The lowest BCUT2D eigenvalue weighted by Gasteiger charge is -2.20. The average molecular weight is 393 g/mol. The number of carbonyl (C=O) groups is 1. The second kappa shape index (κ2) is 7.75. The van der Waals surface area contributed by atoms with Crippen molar-refractivity contribution < 1.29 is 22.7 Å². The Morgan fingerprint density at radius 2 is 2.07 bits per heavy atom. The SMILES string of the molecule is COc1cccc(C(NC(=O)Cn2ccc(C(F)(F)F)n2)c2nccn2C)c1. The quantitative estimate of drug-likeness (QED) is 0.699. The third kappa shape index (κ3) is 4.33. The van der Waals surface area contributed by atoms with Crippen molar-refractivity contribution in [3.05, 3.63) is 66.0 Å². The van der Waals surface area contributed by atoms with E-state index in [4.69, 9.17) is 4.74 Å². The summed E-state index contributed by atoms with van der Waals surface area (Å²) in [6.45, 7) is -0.360. The molecule has 148 valence electrons. The van der Waals surface area contributed by atoms with Gasteiger partial charge >= 0.3 is 6.18 Å². The summed E-state index contributed by atoms with van der Waals surface area (Å²) in [5, 5.41) is 6.20. The molecule has 1 amide bonds. The van der Waals surface area contributed by atoms with E-state index in [9.17, 15) is 18.0 Å². The largest absolute Gasteiger partial charge is 0.497 e. The second-order valence-corrected chi connectivity index (χ2v) is 6.07. The van der Waals surface area contributed by atoms with Crippen LogP contribution >= 0.6 is 0 Å². The van der Waals surface area contributed by atoms with E-state index in [2.05, 4.69) is 15.4 Å². The molecule has 1 atom stereocenters. The van der Waals surface area contributed by atoms with E-state index in [1.54, 1.807) is 48.3 Å². The molecule has 0 aliphatic carbocycles. The predicted molar refractivity (Wildman–Crippen MR) is 93.4 cm³/mol. The lowest BCUT2D eigenvalue weighted by Crippen LogP contribution is -2.33. The third-order valence-corrected chi connectivity index (χ3v) is 4.09. The van der Waals surface area contributed by atoms with Crippen LogP contribution in [0.15, 0.2) is 48.9 Å². The van der Waals surface area contributed by atoms with Crippen LogP contribution in [0.25, 0.3) is 0 Å². The zero-order chi connectivity index (χ0) is 20.3. The van der Waals surface area contributed by atoms with Crippen molar-refractivity contribution in [2.45, 2.75) is 18.8 Å². The van der Waals surface area contributed by atoms with Gasteiger partial charge in [-0.25, -0.2) is 4.98 Å². The van der Waals surface area contributed by atoms with Gasteiger partial charge in [-0.3, -0.25) is 9.48 Å². The maximum absolute atomic E-state index is 12.7.